The van der Waals surface area contributed by atoms with Crippen molar-refractivity contribution < 1.29 is 4.79 Å². The summed E-state index contributed by atoms with van der Waals surface area (Å²) in [4.78, 5) is 14.7. The number of rotatable bonds is 5. The molecular weight excluding hydrogens is 333 g/mol. The molecule has 23 heavy (non-hydrogen) atoms. The second kappa shape index (κ2) is 7.73. The van der Waals surface area contributed by atoms with Crippen molar-refractivity contribution in [2.24, 2.45) is 0 Å². The van der Waals surface area contributed by atoms with Crippen LogP contribution in [0.4, 0.5) is 5.69 Å². The maximum Gasteiger partial charge on any atom is 0.253 e. The third kappa shape index (κ3) is 4.31. The van der Waals surface area contributed by atoms with Gasteiger partial charge in [0, 0.05) is 17.1 Å². The molecule has 1 saturated carbocycles. The van der Waals surface area contributed by atoms with E-state index in [1.807, 2.05) is 0 Å². The van der Waals surface area contributed by atoms with Gasteiger partial charge in [0.2, 0.25) is 0 Å². The average molecular weight is 358 g/mol. The third-order valence-corrected chi connectivity index (χ3v) is 5.48. The molecule has 6 heteroatoms. The Morgan fingerprint density at radius 2 is 1.91 bits per heavy atom. The van der Waals surface area contributed by atoms with Crippen LogP contribution in [-0.2, 0) is 0 Å². The van der Waals surface area contributed by atoms with Crippen LogP contribution < -0.4 is 11.1 Å². The van der Waals surface area contributed by atoms with E-state index < -0.39 is 0 Å². The van der Waals surface area contributed by atoms with E-state index in [0.29, 0.717) is 22.2 Å². The van der Waals surface area contributed by atoms with E-state index in [1.165, 1.54) is 38.2 Å². The Hall–Kier alpha value is -0.970. The fourth-order valence-electron chi connectivity index (χ4n) is 3.41. The van der Waals surface area contributed by atoms with Crippen molar-refractivity contribution >= 4 is 34.8 Å². The lowest BCUT2D eigenvalue weighted by molar-refractivity contribution is 0.0836. The highest BCUT2D eigenvalue weighted by Crippen LogP contribution is 2.34. The Morgan fingerprint density at radius 1 is 1.26 bits per heavy atom. The highest BCUT2D eigenvalue weighted by Gasteiger charge is 2.33. The molecule has 1 aromatic rings. The highest BCUT2D eigenvalue weighted by atomic mass is 35.5. The Bertz CT molecular complexity index is 569. The maximum absolute atomic E-state index is 12.4. The van der Waals surface area contributed by atoms with Crippen molar-refractivity contribution in [3.8, 4) is 0 Å². The molecule has 1 aromatic carbocycles. The van der Waals surface area contributed by atoms with Crippen molar-refractivity contribution in [3.63, 3.8) is 0 Å². The topological polar surface area (TPSA) is 58.4 Å². The standard InChI is InChI=1S/C17H25Cl2N3O/c1-22(2)17(6-4-3-5-7-17)8-9-21-16(23)13-10-12(18)11-14(19)15(13)20/h10-11H,3-9,20H2,1-2H3,(H,21,23). The molecule has 0 unspecified atom stereocenters. The summed E-state index contributed by atoms with van der Waals surface area (Å²) in [6.45, 7) is 0.612. The summed E-state index contributed by atoms with van der Waals surface area (Å²) in [6.07, 6.45) is 7.10. The maximum atomic E-state index is 12.4. The molecule has 0 radical (unpaired) electrons. The lowest BCUT2D eigenvalue weighted by atomic mass is 9.78. The minimum atomic E-state index is -0.225. The lowest BCUT2D eigenvalue weighted by Crippen LogP contribution is -2.48. The molecule has 2 rings (SSSR count). The number of carbonyl (C=O) groups excluding carboxylic acids is 1. The van der Waals surface area contributed by atoms with Gasteiger partial charge in [-0.1, -0.05) is 42.5 Å². The van der Waals surface area contributed by atoms with Crippen molar-refractivity contribution in [2.45, 2.75) is 44.1 Å². The van der Waals surface area contributed by atoms with Gasteiger partial charge >= 0.3 is 0 Å². The second-order valence-electron chi connectivity index (χ2n) is 6.53. The summed E-state index contributed by atoms with van der Waals surface area (Å²) in [5, 5.41) is 3.67. The van der Waals surface area contributed by atoms with Crippen molar-refractivity contribution in [1.29, 1.82) is 0 Å². The van der Waals surface area contributed by atoms with Gasteiger partial charge in [0.05, 0.1) is 16.3 Å². The Labute approximate surface area is 148 Å². The fraction of sp³-hybridized carbons (Fsp3) is 0.588. The SMILES string of the molecule is CN(C)C1(CCNC(=O)c2cc(Cl)cc(Cl)c2N)CCCCC1. The van der Waals surface area contributed by atoms with Crippen molar-refractivity contribution in [3.05, 3.63) is 27.7 Å². The number of benzene rings is 1. The molecule has 0 saturated heterocycles. The largest absolute Gasteiger partial charge is 0.397 e. The van der Waals surface area contributed by atoms with Crippen LogP contribution in [0.15, 0.2) is 12.1 Å². The smallest absolute Gasteiger partial charge is 0.253 e. The first-order chi connectivity index (χ1) is 10.9. The quantitative estimate of drug-likeness (QED) is 0.784. The molecule has 0 spiro atoms. The first kappa shape index (κ1) is 18.4. The number of nitrogens with one attached hydrogen (secondary N) is 1. The second-order valence-corrected chi connectivity index (χ2v) is 7.38. The van der Waals surface area contributed by atoms with Gasteiger partial charge in [-0.2, -0.15) is 0 Å². The van der Waals surface area contributed by atoms with E-state index in [2.05, 4.69) is 24.3 Å². The monoisotopic (exact) mass is 357 g/mol. The molecule has 1 fully saturated rings. The number of hydrogen-bond donors (Lipinski definition) is 2. The molecule has 0 aliphatic heterocycles. The number of anilines is 1. The molecule has 0 atom stereocenters. The van der Waals surface area contributed by atoms with Gasteiger partial charge < -0.3 is 16.0 Å². The number of halogens is 2. The van der Waals surface area contributed by atoms with Gasteiger partial charge in [0.15, 0.2) is 0 Å². The predicted molar refractivity (Wildman–Crippen MR) is 97.3 cm³/mol. The number of nitrogen functional groups attached to an aromatic ring is 1. The summed E-state index contributed by atoms with van der Waals surface area (Å²) < 4.78 is 0. The summed E-state index contributed by atoms with van der Waals surface area (Å²) in [5.41, 5.74) is 6.67. The molecular formula is C17H25Cl2N3O. The van der Waals surface area contributed by atoms with E-state index in [1.54, 1.807) is 6.07 Å². The Balaban J connectivity index is 1.99. The minimum Gasteiger partial charge on any atom is -0.397 e. The highest BCUT2D eigenvalue weighted by molar-refractivity contribution is 6.37. The molecule has 1 aliphatic carbocycles. The van der Waals surface area contributed by atoms with Gasteiger partial charge in [-0.25, -0.2) is 0 Å². The van der Waals surface area contributed by atoms with E-state index in [0.717, 1.165) is 6.42 Å². The van der Waals surface area contributed by atoms with E-state index in [-0.39, 0.29) is 17.1 Å². The fourth-order valence-corrected chi connectivity index (χ4v) is 3.90. The lowest BCUT2D eigenvalue weighted by Gasteiger charge is -2.43. The molecule has 128 valence electrons. The zero-order valence-corrected chi connectivity index (χ0v) is 15.3. The molecule has 3 N–H and O–H groups in total. The van der Waals surface area contributed by atoms with Crippen LogP contribution in [-0.4, -0.2) is 37.0 Å². The first-order valence-corrected chi connectivity index (χ1v) is 8.81. The van der Waals surface area contributed by atoms with Crippen LogP contribution in [0.5, 0.6) is 0 Å². The zero-order valence-electron chi connectivity index (χ0n) is 13.8. The summed E-state index contributed by atoms with van der Waals surface area (Å²) in [5.74, 6) is -0.225. The molecule has 0 aromatic heterocycles. The zero-order chi connectivity index (χ0) is 17.0. The van der Waals surface area contributed by atoms with Gasteiger partial charge in [0.1, 0.15) is 0 Å². The molecule has 4 nitrogen and oxygen atoms in total. The number of carbonyl (C=O) groups is 1. The van der Waals surface area contributed by atoms with Crippen LogP contribution in [0, 0.1) is 0 Å². The first-order valence-electron chi connectivity index (χ1n) is 8.06. The van der Waals surface area contributed by atoms with Gasteiger partial charge in [-0.3, -0.25) is 4.79 Å². The number of amides is 1. The molecule has 1 aliphatic rings. The van der Waals surface area contributed by atoms with E-state index >= 15 is 0 Å². The van der Waals surface area contributed by atoms with Gasteiger partial charge in [0.25, 0.3) is 5.91 Å². The van der Waals surface area contributed by atoms with Gasteiger partial charge in [-0.05, 0) is 45.5 Å². The summed E-state index contributed by atoms with van der Waals surface area (Å²) in [6, 6.07) is 3.10. The van der Waals surface area contributed by atoms with Gasteiger partial charge in [-0.15, -0.1) is 0 Å². The van der Waals surface area contributed by atoms with Crippen LogP contribution >= 0.6 is 23.2 Å². The molecule has 0 heterocycles. The number of nitrogens with two attached hydrogens (primary N) is 1. The van der Waals surface area contributed by atoms with Crippen LogP contribution in [0.2, 0.25) is 10.0 Å². The molecule has 1 amide bonds. The predicted octanol–water partition coefficient (Wildman–Crippen LogP) is 3.96. The third-order valence-electron chi connectivity index (χ3n) is 4.95. The number of nitrogens with zero attached hydrogens (tertiary/aromatic N) is 1. The summed E-state index contributed by atoms with van der Waals surface area (Å²) >= 11 is 11.9. The van der Waals surface area contributed by atoms with Crippen LogP contribution in [0.1, 0.15) is 48.9 Å². The number of hydrogen-bond acceptors (Lipinski definition) is 3. The Morgan fingerprint density at radius 3 is 2.52 bits per heavy atom. The van der Waals surface area contributed by atoms with E-state index in [4.69, 9.17) is 28.9 Å². The average Bonchev–Trinajstić information content (AvgIpc) is 2.51. The minimum absolute atomic E-state index is 0.184. The van der Waals surface area contributed by atoms with Crippen LogP contribution in [0.3, 0.4) is 0 Å². The molecule has 0 bridgehead atoms. The normalized spacial score (nSPS) is 17.3. The van der Waals surface area contributed by atoms with Crippen molar-refractivity contribution in [1.82, 2.24) is 10.2 Å². The van der Waals surface area contributed by atoms with Crippen LogP contribution in [0.25, 0.3) is 0 Å². The Kier molecular flexibility index (Phi) is 6.18. The van der Waals surface area contributed by atoms with Crippen molar-refractivity contribution in [2.75, 3.05) is 26.4 Å². The van der Waals surface area contributed by atoms with E-state index in [9.17, 15) is 4.79 Å². The summed E-state index contributed by atoms with van der Waals surface area (Å²) in [7, 11) is 4.25.